The average Bonchev–Trinajstić information content (AvgIpc) is 1.96. The molecule has 1 aliphatic heterocycles. The minimum absolute atomic E-state index is 0.350. The molecule has 0 saturated heterocycles. The first kappa shape index (κ1) is 8.71. The van der Waals surface area contributed by atoms with E-state index in [1.807, 2.05) is 13.0 Å². The number of allylic oxidation sites excluding steroid dienone is 2. The molecule has 3 nitrogen and oxygen atoms in total. The molecule has 1 aliphatic rings. The lowest BCUT2D eigenvalue weighted by Crippen LogP contribution is -2.13. The molecule has 0 aromatic heterocycles. The molecule has 12 heavy (non-hydrogen) atoms. The molecule has 0 saturated carbocycles. The van der Waals surface area contributed by atoms with E-state index in [4.69, 9.17) is 4.74 Å². The normalized spacial score (nSPS) is 16.7. The first-order valence-electron chi connectivity index (χ1n) is 3.71. The van der Waals surface area contributed by atoms with Crippen molar-refractivity contribution in [3.05, 3.63) is 23.9 Å². The van der Waals surface area contributed by atoms with Crippen LogP contribution in [0.15, 0.2) is 28.9 Å². The van der Waals surface area contributed by atoms with E-state index < -0.39 is 0 Å². The first-order valence-corrected chi connectivity index (χ1v) is 3.71. The Morgan fingerprint density at radius 2 is 2.42 bits per heavy atom. The van der Waals surface area contributed by atoms with Crippen molar-refractivity contribution < 1.29 is 9.53 Å². The second-order valence-corrected chi connectivity index (χ2v) is 2.66. The van der Waals surface area contributed by atoms with Crippen molar-refractivity contribution in [2.45, 2.75) is 20.3 Å². The molecule has 64 valence electrons. The van der Waals surface area contributed by atoms with Gasteiger partial charge in [-0.2, -0.15) is 0 Å². The summed E-state index contributed by atoms with van der Waals surface area (Å²) in [7, 11) is 0. The fraction of sp³-hybridized carbons (Fsp3) is 0.333. The molecule has 0 fully saturated rings. The molecule has 0 aromatic rings. The minimum Gasteiger partial charge on any atom is -0.407 e. The van der Waals surface area contributed by atoms with Crippen LogP contribution in [0.2, 0.25) is 0 Å². The lowest BCUT2D eigenvalue weighted by atomic mass is 10.1. The topological polar surface area (TPSA) is 38.7 Å². The number of aliphatic imine (C=N–C) groups is 1. The molecule has 0 N–H and O–H groups in total. The smallest absolute Gasteiger partial charge is 0.309 e. The largest absolute Gasteiger partial charge is 0.407 e. The number of carbonyl (C=O) groups excluding carboxylic acids is 1. The van der Waals surface area contributed by atoms with Crippen molar-refractivity contribution in [1.82, 2.24) is 0 Å². The van der Waals surface area contributed by atoms with Crippen molar-refractivity contribution in [3.63, 3.8) is 0 Å². The number of ether oxygens (including phenoxy) is 1. The van der Waals surface area contributed by atoms with Crippen LogP contribution in [-0.2, 0) is 9.53 Å². The second kappa shape index (κ2) is 3.34. The van der Waals surface area contributed by atoms with E-state index in [9.17, 15) is 4.79 Å². The van der Waals surface area contributed by atoms with Crippen LogP contribution in [0.1, 0.15) is 20.3 Å². The van der Waals surface area contributed by atoms with Crippen LogP contribution in [0, 0.1) is 0 Å². The Hall–Kier alpha value is -1.38. The summed E-state index contributed by atoms with van der Waals surface area (Å²) < 4.78 is 4.84. The summed E-state index contributed by atoms with van der Waals surface area (Å²) in [6, 6.07) is 0. The monoisotopic (exact) mass is 165 g/mol. The number of rotatable bonds is 0. The van der Waals surface area contributed by atoms with Gasteiger partial charge in [-0.15, -0.1) is 0 Å². The third kappa shape index (κ3) is 2.05. The van der Waals surface area contributed by atoms with Crippen LogP contribution >= 0.6 is 0 Å². The van der Waals surface area contributed by atoms with Gasteiger partial charge in [0.15, 0.2) is 0 Å². The van der Waals surface area contributed by atoms with Gasteiger partial charge in [-0.3, -0.25) is 4.79 Å². The Labute approximate surface area is 71.4 Å². The quantitative estimate of drug-likeness (QED) is 0.513. The Morgan fingerprint density at radius 1 is 1.75 bits per heavy atom. The molecule has 0 atom stereocenters. The summed E-state index contributed by atoms with van der Waals surface area (Å²) in [6.07, 6.45) is 2.65. The molecule has 1 rings (SSSR count). The van der Waals surface area contributed by atoms with Crippen molar-refractivity contribution in [2.24, 2.45) is 4.99 Å². The van der Waals surface area contributed by atoms with Gasteiger partial charge >= 0.3 is 5.97 Å². The summed E-state index contributed by atoms with van der Waals surface area (Å²) in [6.45, 7) is 6.94. The minimum atomic E-state index is -0.357. The van der Waals surface area contributed by atoms with Crippen LogP contribution in [0.4, 0.5) is 0 Å². The van der Waals surface area contributed by atoms with Gasteiger partial charge in [0.25, 0.3) is 0 Å². The molecule has 0 spiro atoms. The van der Waals surface area contributed by atoms with Gasteiger partial charge in [0.1, 0.15) is 0 Å². The van der Waals surface area contributed by atoms with Gasteiger partial charge in [-0.25, -0.2) is 4.99 Å². The van der Waals surface area contributed by atoms with Gasteiger partial charge < -0.3 is 4.74 Å². The third-order valence-corrected chi connectivity index (χ3v) is 1.46. The predicted molar refractivity (Wildman–Crippen MR) is 46.7 cm³/mol. The fourth-order valence-corrected chi connectivity index (χ4v) is 0.874. The second-order valence-electron chi connectivity index (χ2n) is 2.66. The van der Waals surface area contributed by atoms with Crippen molar-refractivity contribution in [1.29, 1.82) is 0 Å². The molecule has 0 amide bonds. The van der Waals surface area contributed by atoms with Crippen LogP contribution in [0.3, 0.4) is 0 Å². The molecule has 1 heterocycles. The zero-order valence-electron chi connectivity index (χ0n) is 7.26. The van der Waals surface area contributed by atoms with E-state index >= 15 is 0 Å². The van der Waals surface area contributed by atoms with E-state index in [-0.39, 0.29) is 5.97 Å². The molecule has 0 radical (unpaired) electrons. The van der Waals surface area contributed by atoms with Crippen molar-refractivity contribution in [3.8, 4) is 0 Å². The highest BCUT2D eigenvalue weighted by Gasteiger charge is 2.11. The SMILES string of the molecule is C=C1CC=C(C)N=C1OC(C)=O. The van der Waals surface area contributed by atoms with Crippen molar-refractivity contribution in [2.75, 3.05) is 0 Å². The van der Waals surface area contributed by atoms with Crippen LogP contribution in [-0.4, -0.2) is 11.9 Å². The van der Waals surface area contributed by atoms with Crippen LogP contribution < -0.4 is 0 Å². The lowest BCUT2D eigenvalue weighted by molar-refractivity contribution is -0.132. The third-order valence-electron chi connectivity index (χ3n) is 1.46. The number of esters is 1. The first-order chi connectivity index (χ1) is 5.59. The highest BCUT2D eigenvalue weighted by Crippen LogP contribution is 2.14. The van der Waals surface area contributed by atoms with E-state index in [1.54, 1.807) is 0 Å². The predicted octanol–water partition coefficient (Wildman–Crippen LogP) is 1.81. The van der Waals surface area contributed by atoms with E-state index in [0.29, 0.717) is 12.3 Å². The molecular weight excluding hydrogens is 154 g/mol. The Balaban J connectivity index is 2.79. The summed E-state index contributed by atoms with van der Waals surface area (Å²) in [5.41, 5.74) is 1.61. The molecule has 0 bridgehead atoms. The Bertz CT molecular complexity index is 287. The highest BCUT2D eigenvalue weighted by molar-refractivity contribution is 6.00. The standard InChI is InChI=1S/C9H11NO2/c1-6-4-5-7(2)10-9(6)12-8(3)11/h5H,1,4H2,2-3H3. The maximum atomic E-state index is 10.6. The van der Waals surface area contributed by atoms with Crippen LogP contribution in [0.25, 0.3) is 0 Å². The fourth-order valence-electron chi connectivity index (χ4n) is 0.874. The number of hydrogen-bond acceptors (Lipinski definition) is 3. The van der Waals surface area contributed by atoms with Gasteiger partial charge in [0, 0.05) is 18.2 Å². The number of hydrogen-bond donors (Lipinski definition) is 0. The van der Waals surface area contributed by atoms with Gasteiger partial charge in [0.2, 0.25) is 5.90 Å². The maximum Gasteiger partial charge on any atom is 0.309 e. The van der Waals surface area contributed by atoms with E-state index in [2.05, 4.69) is 11.6 Å². The molecule has 0 aliphatic carbocycles. The number of nitrogens with zero attached hydrogens (tertiary/aromatic N) is 1. The Morgan fingerprint density at radius 3 is 3.00 bits per heavy atom. The zero-order valence-corrected chi connectivity index (χ0v) is 7.26. The Kier molecular flexibility index (Phi) is 2.43. The summed E-state index contributed by atoms with van der Waals surface area (Å²) in [5, 5.41) is 0. The lowest BCUT2D eigenvalue weighted by Gasteiger charge is -2.11. The van der Waals surface area contributed by atoms with Crippen LogP contribution in [0.5, 0.6) is 0 Å². The average molecular weight is 165 g/mol. The van der Waals surface area contributed by atoms with Crippen molar-refractivity contribution >= 4 is 11.9 Å². The molecule has 0 aromatic carbocycles. The van der Waals surface area contributed by atoms with Gasteiger partial charge in [0.05, 0.1) is 0 Å². The highest BCUT2D eigenvalue weighted by atomic mass is 16.5. The zero-order chi connectivity index (χ0) is 9.14. The number of carbonyl (C=O) groups is 1. The summed E-state index contributed by atoms with van der Waals surface area (Å²) in [5.74, 6) is -0.00731. The maximum absolute atomic E-state index is 10.6. The summed E-state index contributed by atoms with van der Waals surface area (Å²) >= 11 is 0. The van der Waals surface area contributed by atoms with E-state index in [0.717, 1.165) is 11.3 Å². The molecular formula is C9H11NO2. The molecule has 3 heteroatoms. The summed E-state index contributed by atoms with van der Waals surface area (Å²) in [4.78, 5) is 14.6. The molecule has 0 unspecified atom stereocenters. The van der Waals surface area contributed by atoms with E-state index in [1.165, 1.54) is 6.92 Å². The van der Waals surface area contributed by atoms with Gasteiger partial charge in [-0.05, 0) is 13.3 Å². The van der Waals surface area contributed by atoms with Gasteiger partial charge in [-0.1, -0.05) is 12.7 Å².